The summed E-state index contributed by atoms with van der Waals surface area (Å²) in [7, 11) is 1.66. The van der Waals surface area contributed by atoms with Gasteiger partial charge in [-0.05, 0) is 31.2 Å². The highest BCUT2D eigenvalue weighted by Crippen LogP contribution is 2.35. The van der Waals surface area contributed by atoms with Crippen molar-refractivity contribution in [3.05, 3.63) is 52.0 Å². The van der Waals surface area contributed by atoms with Crippen LogP contribution in [0.5, 0.6) is 11.5 Å². The molecule has 2 aromatic rings. The lowest BCUT2D eigenvalue weighted by molar-refractivity contribution is 0.0746. The van der Waals surface area contributed by atoms with Crippen LogP contribution in [0.1, 0.15) is 17.3 Å². The molecule has 0 unspecified atom stereocenters. The minimum atomic E-state index is -0.0819. The molecule has 0 saturated carbocycles. The maximum atomic E-state index is 12.9. The first kappa shape index (κ1) is 19.6. The minimum Gasteiger partial charge on any atom is -0.495 e. The van der Waals surface area contributed by atoms with Crippen LogP contribution in [-0.2, 0) is 0 Å². The Bertz CT molecular complexity index is 798. The molecule has 1 fully saturated rings. The Labute approximate surface area is 169 Å². The van der Waals surface area contributed by atoms with E-state index in [0.717, 1.165) is 24.5 Å². The van der Waals surface area contributed by atoms with Crippen molar-refractivity contribution in [1.29, 1.82) is 0 Å². The molecule has 1 heterocycles. The normalized spacial score (nSPS) is 14.2. The SMILES string of the molecule is CCOc1c(Cl)cc(C(=O)N2CCN(c3ccccc3OC)CC2)cc1Cl. The molecule has 3 rings (SSSR count). The minimum absolute atomic E-state index is 0.0819. The number of benzene rings is 2. The van der Waals surface area contributed by atoms with E-state index in [-0.39, 0.29) is 5.91 Å². The van der Waals surface area contributed by atoms with E-state index in [1.807, 2.05) is 36.1 Å². The van der Waals surface area contributed by atoms with Crippen molar-refractivity contribution < 1.29 is 14.3 Å². The van der Waals surface area contributed by atoms with Gasteiger partial charge < -0.3 is 19.3 Å². The number of nitrogens with zero attached hydrogens (tertiary/aromatic N) is 2. The number of anilines is 1. The number of piperazine rings is 1. The van der Waals surface area contributed by atoms with E-state index in [4.69, 9.17) is 32.7 Å². The number of amides is 1. The van der Waals surface area contributed by atoms with Crippen LogP contribution in [0.3, 0.4) is 0 Å². The lowest BCUT2D eigenvalue weighted by Crippen LogP contribution is -2.48. The van der Waals surface area contributed by atoms with Crippen LogP contribution in [0.2, 0.25) is 10.0 Å². The number of hydrogen-bond acceptors (Lipinski definition) is 4. The molecule has 0 bridgehead atoms. The van der Waals surface area contributed by atoms with E-state index >= 15 is 0 Å². The first-order valence-electron chi connectivity index (χ1n) is 8.84. The van der Waals surface area contributed by atoms with Crippen LogP contribution >= 0.6 is 23.2 Å². The summed E-state index contributed by atoms with van der Waals surface area (Å²) in [6.45, 7) is 4.98. The Hall–Kier alpha value is -2.11. The lowest BCUT2D eigenvalue weighted by Gasteiger charge is -2.36. The van der Waals surface area contributed by atoms with Crippen LogP contribution in [-0.4, -0.2) is 50.7 Å². The van der Waals surface area contributed by atoms with Gasteiger partial charge in [0.25, 0.3) is 5.91 Å². The van der Waals surface area contributed by atoms with E-state index in [1.165, 1.54) is 0 Å². The number of hydrogen-bond donors (Lipinski definition) is 0. The van der Waals surface area contributed by atoms with Crippen molar-refractivity contribution in [2.75, 3.05) is 44.8 Å². The molecule has 0 aromatic heterocycles. The standard InChI is InChI=1S/C20H22Cl2N2O3/c1-3-27-19-15(21)12-14(13-16(19)22)20(25)24-10-8-23(9-11-24)17-6-4-5-7-18(17)26-2/h4-7,12-13H,3,8-11H2,1-2H3. The number of para-hydroxylation sites is 2. The van der Waals surface area contributed by atoms with Crippen molar-refractivity contribution in [2.45, 2.75) is 6.92 Å². The van der Waals surface area contributed by atoms with Crippen LogP contribution < -0.4 is 14.4 Å². The molecule has 7 heteroatoms. The van der Waals surface area contributed by atoms with Crippen LogP contribution in [0.25, 0.3) is 0 Å². The third kappa shape index (κ3) is 4.25. The van der Waals surface area contributed by atoms with Crippen molar-refractivity contribution in [1.82, 2.24) is 4.90 Å². The largest absolute Gasteiger partial charge is 0.495 e. The van der Waals surface area contributed by atoms with Gasteiger partial charge in [-0.2, -0.15) is 0 Å². The van der Waals surface area contributed by atoms with Crippen molar-refractivity contribution in [3.8, 4) is 11.5 Å². The summed E-state index contributed by atoms with van der Waals surface area (Å²) in [4.78, 5) is 16.9. The average Bonchev–Trinajstić information content (AvgIpc) is 2.70. The molecule has 5 nitrogen and oxygen atoms in total. The summed E-state index contributed by atoms with van der Waals surface area (Å²) in [5, 5.41) is 0.695. The molecule has 0 spiro atoms. The first-order chi connectivity index (χ1) is 13.0. The topological polar surface area (TPSA) is 42.0 Å². The maximum Gasteiger partial charge on any atom is 0.254 e. The monoisotopic (exact) mass is 408 g/mol. The summed E-state index contributed by atoms with van der Waals surface area (Å²) < 4.78 is 10.9. The molecule has 0 radical (unpaired) electrons. The molecule has 2 aromatic carbocycles. The summed E-state index contributed by atoms with van der Waals surface area (Å²) in [6.07, 6.45) is 0. The van der Waals surface area contributed by atoms with E-state index in [9.17, 15) is 4.79 Å². The number of methoxy groups -OCH3 is 1. The van der Waals surface area contributed by atoms with Crippen molar-refractivity contribution in [2.24, 2.45) is 0 Å². The molecule has 27 heavy (non-hydrogen) atoms. The molecule has 1 aliphatic heterocycles. The highest BCUT2D eigenvalue weighted by atomic mass is 35.5. The van der Waals surface area contributed by atoms with Gasteiger partial charge in [-0.25, -0.2) is 0 Å². The lowest BCUT2D eigenvalue weighted by atomic mass is 10.1. The smallest absolute Gasteiger partial charge is 0.254 e. The van der Waals surface area contributed by atoms with Crippen molar-refractivity contribution in [3.63, 3.8) is 0 Å². The van der Waals surface area contributed by atoms with Gasteiger partial charge in [0.05, 0.1) is 29.4 Å². The summed E-state index contributed by atoms with van der Waals surface area (Å²) >= 11 is 12.5. The Kier molecular flexibility index (Phi) is 6.34. The number of halogens is 2. The zero-order valence-electron chi connectivity index (χ0n) is 15.4. The molecule has 0 aliphatic carbocycles. The number of rotatable bonds is 5. The summed E-state index contributed by atoms with van der Waals surface area (Å²) in [5.41, 5.74) is 1.51. The van der Waals surface area contributed by atoms with Crippen LogP contribution in [0.15, 0.2) is 36.4 Å². The first-order valence-corrected chi connectivity index (χ1v) is 9.59. The van der Waals surface area contributed by atoms with Gasteiger partial charge >= 0.3 is 0 Å². The Morgan fingerprint density at radius 2 is 1.70 bits per heavy atom. The van der Waals surface area contributed by atoms with E-state index in [2.05, 4.69) is 4.90 Å². The molecule has 0 atom stereocenters. The van der Waals surface area contributed by atoms with Gasteiger partial charge in [0.15, 0.2) is 5.75 Å². The van der Waals surface area contributed by atoms with Gasteiger partial charge in [-0.1, -0.05) is 35.3 Å². The second-order valence-electron chi connectivity index (χ2n) is 6.15. The Balaban J connectivity index is 1.70. The number of ether oxygens (including phenoxy) is 2. The zero-order chi connectivity index (χ0) is 19.4. The predicted octanol–water partition coefficient (Wildman–Crippen LogP) is 4.36. The Morgan fingerprint density at radius 3 is 2.30 bits per heavy atom. The Morgan fingerprint density at radius 1 is 1.07 bits per heavy atom. The molecule has 1 saturated heterocycles. The fraction of sp³-hybridized carbons (Fsp3) is 0.350. The second kappa shape index (κ2) is 8.72. The number of carbonyl (C=O) groups is 1. The third-order valence-electron chi connectivity index (χ3n) is 4.53. The van der Waals surface area contributed by atoms with E-state index in [0.29, 0.717) is 41.1 Å². The van der Waals surface area contributed by atoms with E-state index < -0.39 is 0 Å². The van der Waals surface area contributed by atoms with Gasteiger partial charge in [-0.15, -0.1) is 0 Å². The molecule has 1 amide bonds. The highest BCUT2D eigenvalue weighted by Gasteiger charge is 2.25. The molecule has 0 N–H and O–H groups in total. The van der Waals surface area contributed by atoms with Gasteiger partial charge in [0, 0.05) is 31.7 Å². The zero-order valence-corrected chi connectivity index (χ0v) is 16.9. The molecular formula is C20H22Cl2N2O3. The van der Waals surface area contributed by atoms with Gasteiger partial charge in [0.1, 0.15) is 5.75 Å². The van der Waals surface area contributed by atoms with Crippen LogP contribution in [0.4, 0.5) is 5.69 Å². The third-order valence-corrected chi connectivity index (χ3v) is 5.09. The van der Waals surface area contributed by atoms with Gasteiger partial charge in [-0.3, -0.25) is 4.79 Å². The second-order valence-corrected chi connectivity index (χ2v) is 6.97. The number of carbonyl (C=O) groups excluding carboxylic acids is 1. The van der Waals surface area contributed by atoms with E-state index in [1.54, 1.807) is 19.2 Å². The molecular weight excluding hydrogens is 387 g/mol. The maximum absolute atomic E-state index is 12.9. The molecule has 1 aliphatic rings. The quantitative estimate of drug-likeness (QED) is 0.736. The highest BCUT2D eigenvalue weighted by molar-refractivity contribution is 6.37. The average molecular weight is 409 g/mol. The molecule has 144 valence electrons. The fourth-order valence-corrected chi connectivity index (χ4v) is 3.79. The van der Waals surface area contributed by atoms with Gasteiger partial charge in [0.2, 0.25) is 0 Å². The summed E-state index contributed by atoms with van der Waals surface area (Å²) in [6, 6.07) is 11.1. The van der Waals surface area contributed by atoms with Crippen LogP contribution in [0, 0.1) is 0 Å². The fourth-order valence-electron chi connectivity index (χ4n) is 3.19. The summed E-state index contributed by atoms with van der Waals surface area (Å²) in [5.74, 6) is 1.17. The van der Waals surface area contributed by atoms with Crippen molar-refractivity contribution >= 4 is 34.8 Å². The predicted molar refractivity (Wildman–Crippen MR) is 109 cm³/mol.